The Labute approximate surface area is 113 Å². The highest BCUT2D eigenvalue weighted by atomic mass is 127. The zero-order valence-electron chi connectivity index (χ0n) is 9.27. The minimum Gasteiger partial charge on any atom is -0.478 e. The lowest BCUT2D eigenvalue weighted by atomic mass is 10.0. The van der Waals surface area contributed by atoms with Gasteiger partial charge < -0.3 is 5.11 Å². The van der Waals surface area contributed by atoms with Crippen LogP contribution in [0.1, 0.15) is 15.9 Å². The van der Waals surface area contributed by atoms with Gasteiger partial charge in [0.2, 0.25) is 0 Å². The summed E-state index contributed by atoms with van der Waals surface area (Å²) in [5.41, 5.74) is 3.51. The average Bonchev–Trinajstić information content (AvgIpc) is 2.29. The molecule has 0 radical (unpaired) electrons. The van der Waals surface area contributed by atoms with Crippen molar-refractivity contribution >= 4 is 28.6 Å². The smallest absolute Gasteiger partial charge is 0.335 e. The molecule has 3 heteroatoms. The quantitative estimate of drug-likeness (QED) is 0.842. The fourth-order valence-electron chi connectivity index (χ4n) is 1.69. The van der Waals surface area contributed by atoms with Crippen molar-refractivity contribution in [2.24, 2.45) is 0 Å². The van der Waals surface area contributed by atoms with Gasteiger partial charge in [-0.15, -0.1) is 0 Å². The predicted molar refractivity (Wildman–Crippen MR) is 76.3 cm³/mol. The average molecular weight is 338 g/mol. The number of carboxylic acids is 1. The molecule has 0 bridgehead atoms. The molecule has 0 aromatic heterocycles. The molecule has 2 aromatic carbocycles. The molecule has 0 aliphatic heterocycles. The third kappa shape index (κ3) is 2.66. The summed E-state index contributed by atoms with van der Waals surface area (Å²) in [5.74, 6) is -0.893. The maximum absolute atomic E-state index is 11.0. The molecule has 1 N–H and O–H groups in total. The van der Waals surface area contributed by atoms with Crippen molar-refractivity contribution in [2.75, 3.05) is 0 Å². The van der Waals surface area contributed by atoms with Gasteiger partial charge in [0, 0.05) is 3.57 Å². The van der Waals surface area contributed by atoms with Gasteiger partial charge in [0.05, 0.1) is 5.56 Å². The fourth-order valence-corrected chi connectivity index (χ4v) is 2.34. The maximum Gasteiger partial charge on any atom is 0.335 e. The van der Waals surface area contributed by atoms with Crippen LogP contribution >= 0.6 is 22.6 Å². The zero-order valence-corrected chi connectivity index (χ0v) is 11.4. The van der Waals surface area contributed by atoms with E-state index in [4.69, 9.17) is 5.11 Å². The van der Waals surface area contributed by atoms with E-state index in [-0.39, 0.29) is 0 Å². The molecule has 0 heterocycles. The Kier molecular flexibility index (Phi) is 3.47. The molecule has 2 rings (SSSR count). The Bertz CT molecular complexity index is 576. The van der Waals surface area contributed by atoms with Crippen LogP contribution < -0.4 is 0 Å². The molecular formula is C14H11IO2. The van der Waals surface area contributed by atoms with E-state index in [9.17, 15) is 4.79 Å². The number of aromatic carboxylic acids is 1. The summed E-state index contributed by atoms with van der Waals surface area (Å²) in [7, 11) is 0. The first kappa shape index (κ1) is 12.1. The maximum atomic E-state index is 11.0. The van der Waals surface area contributed by atoms with Gasteiger partial charge in [-0.25, -0.2) is 4.79 Å². The van der Waals surface area contributed by atoms with Crippen molar-refractivity contribution < 1.29 is 9.90 Å². The van der Waals surface area contributed by atoms with Crippen molar-refractivity contribution in [3.63, 3.8) is 0 Å². The summed E-state index contributed by atoms with van der Waals surface area (Å²) in [5, 5.41) is 9.00. The van der Waals surface area contributed by atoms with Crippen LogP contribution in [0.3, 0.4) is 0 Å². The van der Waals surface area contributed by atoms with Gasteiger partial charge in [-0.1, -0.05) is 29.8 Å². The summed E-state index contributed by atoms with van der Waals surface area (Å²) >= 11 is 2.22. The molecule has 2 aromatic rings. The van der Waals surface area contributed by atoms with E-state index >= 15 is 0 Å². The Morgan fingerprint density at radius 3 is 2.59 bits per heavy atom. The minimum atomic E-state index is -0.893. The number of halogens is 1. The molecule has 0 spiro atoms. The number of aryl methyl sites for hydroxylation is 1. The van der Waals surface area contributed by atoms with Crippen LogP contribution in [0.25, 0.3) is 11.1 Å². The number of benzene rings is 2. The second-order valence-corrected chi connectivity index (χ2v) is 5.03. The van der Waals surface area contributed by atoms with Gasteiger partial charge in [0.25, 0.3) is 0 Å². The van der Waals surface area contributed by atoms with Gasteiger partial charge >= 0.3 is 5.97 Å². The highest BCUT2D eigenvalue weighted by Crippen LogP contribution is 2.27. The first-order valence-corrected chi connectivity index (χ1v) is 6.25. The Hall–Kier alpha value is -1.36. The molecule has 0 saturated heterocycles. The monoisotopic (exact) mass is 338 g/mol. The standard InChI is InChI=1S/C14H11IO2/c1-9-3-2-4-10(7-9)12-8-11(14(16)17)5-6-13(12)15/h2-8H,1H3,(H,16,17). The largest absolute Gasteiger partial charge is 0.478 e. The Balaban J connectivity index is 2.58. The van der Waals surface area contributed by atoms with Crippen molar-refractivity contribution in [2.45, 2.75) is 6.92 Å². The topological polar surface area (TPSA) is 37.3 Å². The van der Waals surface area contributed by atoms with Crippen LogP contribution in [-0.4, -0.2) is 11.1 Å². The van der Waals surface area contributed by atoms with Gasteiger partial charge in [-0.3, -0.25) is 0 Å². The fraction of sp³-hybridized carbons (Fsp3) is 0.0714. The normalized spacial score (nSPS) is 10.2. The molecule has 0 unspecified atom stereocenters. The van der Waals surface area contributed by atoms with Crippen LogP contribution in [0.2, 0.25) is 0 Å². The lowest BCUT2D eigenvalue weighted by Crippen LogP contribution is -1.97. The Morgan fingerprint density at radius 2 is 1.94 bits per heavy atom. The molecule has 0 amide bonds. The van der Waals surface area contributed by atoms with Gasteiger partial charge in [0.1, 0.15) is 0 Å². The van der Waals surface area contributed by atoms with Crippen LogP contribution in [0, 0.1) is 10.5 Å². The van der Waals surface area contributed by atoms with Gasteiger partial charge in [-0.2, -0.15) is 0 Å². The lowest BCUT2D eigenvalue weighted by molar-refractivity contribution is 0.0697. The molecule has 0 aliphatic rings. The van der Waals surface area contributed by atoms with E-state index in [0.29, 0.717) is 5.56 Å². The van der Waals surface area contributed by atoms with Crippen LogP contribution in [0.5, 0.6) is 0 Å². The van der Waals surface area contributed by atoms with Gasteiger partial charge in [0.15, 0.2) is 0 Å². The van der Waals surface area contributed by atoms with Crippen LogP contribution in [-0.2, 0) is 0 Å². The molecule has 86 valence electrons. The van der Waals surface area contributed by atoms with E-state index in [2.05, 4.69) is 28.7 Å². The van der Waals surface area contributed by atoms with E-state index in [1.54, 1.807) is 12.1 Å². The van der Waals surface area contributed by atoms with Gasteiger partial charge in [-0.05, 0) is 58.8 Å². The second-order valence-electron chi connectivity index (χ2n) is 3.87. The molecule has 0 aliphatic carbocycles. The highest BCUT2D eigenvalue weighted by Gasteiger charge is 2.08. The van der Waals surface area contributed by atoms with Crippen molar-refractivity contribution in [1.82, 2.24) is 0 Å². The minimum absolute atomic E-state index is 0.321. The van der Waals surface area contributed by atoms with E-state index in [1.807, 2.05) is 31.2 Å². The molecule has 0 atom stereocenters. The van der Waals surface area contributed by atoms with Crippen molar-refractivity contribution in [3.8, 4) is 11.1 Å². The number of carbonyl (C=O) groups is 1. The molecular weight excluding hydrogens is 327 g/mol. The predicted octanol–water partition coefficient (Wildman–Crippen LogP) is 3.96. The lowest BCUT2D eigenvalue weighted by Gasteiger charge is -2.07. The molecule has 0 saturated carbocycles. The summed E-state index contributed by atoms with van der Waals surface area (Å²) in [6.07, 6.45) is 0. The summed E-state index contributed by atoms with van der Waals surface area (Å²) in [6, 6.07) is 13.2. The number of carboxylic acid groups (broad SMARTS) is 1. The third-order valence-electron chi connectivity index (χ3n) is 2.54. The number of hydrogen-bond donors (Lipinski definition) is 1. The van der Waals surface area contributed by atoms with E-state index in [1.165, 1.54) is 5.56 Å². The summed E-state index contributed by atoms with van der Waals surface area (Å²) in [6.45, 7) is 2.03. The van der Waals surface area contributed by atoms with Crippen molar-refractivity contribution in [3.05, 3.63) is 57.2 Å². The summed E-state index contributed by atoms with van der Waals surface area (Å²) < 4.78 is 1.05. The van der Waals surface area contributed by atoms with Crippen molar-refractivity contribution in [1.29, 1.82) is 0 Å². The first-order chi connectivity index (χ1) is 8.08. The number of rotatable bonds is 2. The SMILES string of the molecule is Cc1cccc(-c2cc(C(=O)O)ccc2I)c1. The van der Waals surface area contributed by atoms with E-state index < -0.39 is 5.97 Å². The molecule has 2 nitrogen and oxygen atoms in total. The van der Waals surface area contributed by atoms with Crippen LogP contribution in [0.15, 0.2) is 42.5 Å². The second kappa shape index (κ2) is 4.87. The summed E-state index contributed by atoms with van der Waals surface area (Å²) in [4.78, 5) is 11.0. The number of hydrogen-bond acceptors (Lipinski definition) is 1. The van der Waals surface area contributed by atoms with E-state index in [0.717, 1.165) is 14.7 Å². The third-order valence-corrected chi connectivity index (χ3v) is 3.48. The molecule has 17 heavy (non-hydrogen) atoms. The molecule has 0 fully saturated rings. The van der Waals surface area contributed by atoms with Crippen LogP contribution in [0.4, 0.5) is 0 Å². The first-order valence-electron chi connectivity index (χ1n) is 5.18. The zero-order chi connectivity index (χ0) is 12.4. The highest BCUT2D eigenvalue weighted by molar-refractivity contribution is 14.1. The Morgan fingerprint density at radius 1 is 1.18 bits per heavy atom.